The van der Waals surface area contributed by atoms with Gasteiger partial charge in [0.15, 0.2) is 0 Å². The monoisotopic (exact) mass is 683 g/mol. The zero-order chi connectivity index (χ0) is 33.9. The number of carbonyl (C=O) groups excluding carboxylic acids is 4. The molecular weight excluding hydrogens is 647 g/mol. The second-order valence-corrected chi connectivity index (χ2v) is 13.0. The summed E-state index contributed by atoms with van der Waals surface area (Å²) < 4.78 is 10.8. The molecule has 1 heterocycles. The largest absolute Gasteiger partial charge is 0.494 e. The van der Waals surface area contributed by atoms with E-state index in [1.54, 1.807) is 79.7 Å². The van der Waals surface area contributed by atoms with Gasteiger partial charge in [-0.1, -0.05) is 36.4 Å². The van der Waals surface area contributed by atoms with E-state index in [1.807, 2.05) is 19.1 Å². The molecular formula is C37H37N3O6S2. The van der Waals surface area contributed by atoms with Crippen molar-refractivity contribution >= 4 is 63.6 Å². The van der Waals surface area contributed by atoms with Gasteiger partial charge < -0.3 is 25.4 Å². The summed E-state index contributed by atoms with van der Waals surface area (Å²) in [5.41, 5.74) is 3.13. The molecule has 0 fully saturated rings. The number of thioether (sulfide) groups is 1. The van der Waals surface area contributed by atoms with Crippen molar-refractivity contribution in [3.8, 4) is 5.75 Å². The summed E-state index contributed by atoms with van der Waals surface area (Å²) in [7, 11) is 0. The van der Waals surface area contributed by atoms with Crippen LogP contribution in [0.25, 0.3) is 6.08 Å². The van der Waals surface area contributed by atoms with E-state index in [0.717, 1.165) is 41.0 Å². The van der Waals surface area contributed by atoms with E-state index in [0.29, 0.717) is 39.7 Å². The highest BCUT2D eigenvalue weighted by atomic mass is 32.2. The zero-order valence-corrected chi connectivity index (χ0v) is 28.4. The second-order valence-electron chi connectivity index (χ2n) is 10.8. The van der Waals surface area contributed by atoms with E-state index in [1.165, 1.54) is 23.1 Å². The first-order valence-corrected chi connectivity index (χ1v) is 17.6. The van der Waals surface area contributed by atoms with Gasteiger partial charge in [-0.05, 0) is 99.2 Å². The molecule has 0 unspecified atom stereocenters. The molecule has 0 aliphatic heterocycles. The van der Waals surface area contributed by atoms with Gasteiger partial charge in [0.2, 0.25) is 5.91 Å². The van der Waals surface area contributed by atoms with Crippen LogP contribution in [0.5, 0.6) is 5.75 Å². The number of thiophene rings is 1. The maximum absolute atomic E-state index is 13.5. The number of hydrogen-bond donors (Lipinski definition) is 3. The Morgan fingerprint density at radius 2 is 1.65 bits per heavy atom. The molecule has 0 saturated carbocycles. The van der Waals surface area contributed by atoms with E-state index < -0.39 is 17.8 Å². The summed E-state index contributed by atoms with van der Waals surface area (Å²) in [5, 5.41) is 9.09. The second kappa shape index (κ2) is 16.8. The Morgan fingerprint density at radius 1 is 0.875 bits per heavy atom. The van der Waals surface area contributed by atoms with Gasteiger partial charge in [-0.15, -0.1) is 23.1 Å². The van der Waals surface area contributed by atoms with Gasteiger partial charge in [-0.3, -0.25) is 14.4 Å². The fraction of sp³-hybridized carbons (Fsp3) is 0.243. The van der Waals surface area contributed by atoms with Crippen molar-refractivity contribution in [3.63, 3.8) is 0 Å². The van der Waals surface area contributed by atoms with Crippen LogP contribution in [0.1, 0.15) is 63.4 Å². The Hall–Kier alpha value is -4.87. The third-order valence-corrected chi connectivity index (χ3v) is 9.60. The first-order chi connectivity index (χ1) is 23.3. The molecule has 48 heavy (non-hydrogen) atoms. The van der Waals surface area contributed by atoms with Gasteiger partial charge in [-0.2, -0.15) is 0 Å². The first-order valence-electron chi connectivity index (χ1n) is 15.8. The zero-order valence-electron chi connectivity index (χ0n) is 26.8. The average molecular weight is 684 g/mol. The van der Waals surface area contributed by atoms with Crippen molar-refractivity contribution in [2.75, 3.05) is 29.6 Å². The average Bonchev–Trinajstić information content (AvgIpc) is 3.46. The van der Waals surface area contributed by atoms with Crippen molar-refractivity contribution < 1.29 is 28.7 Å². The van der Waals surface area contributed by atoms with Crippen LogP contribution in [-0.2, 0) is 27.2 Å². The van der Waals surface area contributed by atoms with Gasteiger partial charge in [0.1, 0.15) is 16.4 Å². The van der Waals surface area contributed by atoms with E-state index in [4.69, 9.17) is 9.47 Å². The number of nitrogens with one attached hydrogen (secondary N) is 3. The molecule has 11 heteroatoms. The predicted molar refractivity (Wildman–Crippen MR) is 191 cm³/mol. The molecule has 3 aromatic carbocycles. The molecule has 3 N–H and O–H groups in total. The smallest absolute Gasteiger partial charge is 0.341 e. The molecule has 4 aromatic rings. The highest BCUT2D eigenvalue weighted by molar-refractivity contribution is 8.00. The van der Waals surface area contributed by atoms with E-state index in [2.05, 4.69) is 16.0 Å². The molecule has 0 atom stereocenters. The number of esters is 1. The molecule has 1 aliphatic carbocycles. The number of benzene rings is 3. The third-order valence-electron chi connectivity index (χ3n) is 7.40. The topological polar surface area (TPSA) is 123 Å². The molecule has 3 amide bonds. The predicted octanol–water partition coefficient (Wildman–Crippen LogP) is 7.34. The minimum atomic E-state index is -0.513. The summed E-state index contributed by atoms with van der Waals surface area (Å²) in [6.07, 6.45) is 5.36. The molecule has 0 spiro atoms. The number of anilines is 2. The number of hydrogen-bond acceptors (Lipinski definition) is 8. The summed E-state index contributed by atoms with van der Waals surface area (Å²) in [6, 6.07) is 23.0. The van der Waals surface area contributed by atoms with Crippen molar-refractivity contribution in [3.05, 3.63) is 112 Å². The van der Waals surface area contributed by atoms with Crippen LogP contribution in [0.3, 0.4) is 0 Å². The SMILES string of the molecule is CCOC(=O)c1c(NC(=O)CSc2cccc(NC(=O)/C(=C\c3ccc(OCC)cc3)NC(=O)c3ccccc3)c2)sc2c1CCCC2. The van der Waals surface area contributed by atoms with Gasteiger partial charge in [0, 0.05) is 21.0 Å². The number of fused-ring (bicyclic) bond motifs is 1. The minimum absolute atomic E-state index is 0.0569. The number of carbonyl (C=O) groups is 4. The van der Waals surface area contributed by atoms with Crippen LogP contribution in [-0.4, -0.2) is 42.7 Å². The number of ether oxygens (including phenoxy) is 2. The first kappa shape index (κ1) is 34.5. The van der Waals surface area contributed by atoms with Crippen LogP contribution in [0.15, 0.2) is 89.5 Å². The van der Waals surface area contributed by atoms with Crippen molar-refractivity contribution in [1.82, 2.24) is 5.32 Å². The molecule has 248 valence electrons. The lowest BCUT2D eigenvalue weighted by atomic mass is 9.95. The van der Waals surface area contributed by atoms with Crippen LogP contribution in [0, 0.1) is 0 Å². The summed E-state index contributed by atoms with van der Waals surface area (Å²) in [4.78, 5) is 54.2. The quantitative estimate of drug-likeness (QED) is 0.0766. The van der Waals surface area contributed by atoms with Crippen LogP contribution in [0.4, 0.5) is 10.7 Å². The Morgan fingerprint density at radius 3 is 2.40 bits per heavy atom. The molecule has 1 aromatic heterocycles. The molecule has 1 aliphatic rings. The third kappa shape index (κ3) is 9.14. The highest BCUT2D eigenvalue weighted by Gasteiger charge is 2.27. The summed E-state index contributed by atoms with van der Waals surface area (Å²) >= 11 is 2.75. The van der Waals surface area contributed by atoms with Gasteiger partial charge in [0.05, 0.1) is 24.5 Å². The minimum Gasteiger partial charge on any atom is -0.494 e. The number of amides is 3. The maximum atomic E-state index is 13.5. The summed E-state index contributed by atoms with van der Waals surface area (Å²) in [5.74, 6) is -0.789. The molecule has 0 bridgehead atoms. The van der Waals surface area contributed by atoms with Gasteiger partial charge in [0.25, 0.3) is 11.8 Å². The summed E-state index contributed by atoms with van der Waals surface area (Å²) in [6.45, 7) is 4.46. The van der Waals surface area contributed by atoms with Crippen LogP contribution < -0.4 is 20.7 Å². The Kier molecular flexibility index (Phi) is 12.1. The van der Waals surface area contributed by atoms with Gasteiger partial charge in [-0.25, -0.2) is 4.79 Å². The Labute approximate surface area is 288 Å². The fourth-order valence-electron chi connectivity index (χ4n) is 5.18. The lowest BCUT2D eigenvalue weighted by Crippen LogP contribution is -2.30. The normalized spacial score (nSPS) is 12.4. The molecule has 9 nitrogen and oxygen atoms in total. The maximum Gasteiger partial charge on any atom is 0.341 e. The number of rotatable bonds is 13. The van der Waals surface area contributed by atoms with Crippen molar-refractivity contribution in [2.24, 2.45) is 0 Å². The lowest BCUT2D eigenvalue weighted by Gasteiger charge is -2.13. The molecule has 0 saturated heterocycles. The molecule has 0 radical (unpaired) electrons. The highest BCUT2D eigenvalue weighted by Crippen LogP contribution is 2.39. The van der Waals surface area contributed by atoms with E-state index >= 15 is 0 Å². The fourth-order valence-corrected chi connectivity index (χ4v) is 7.23. The van der Waals surface area contributed by atoms with Crippen molar-refractivity contribution in [1.29, 1.82) is 0 Å². The molecule has 5 rings (SSSR count). The standard InChI is InChI=1S/C37H37N3O6S2/c1-3-45-27-19-17-24(18-20-27)21-30(39-34(42)25-11-6-5-7-12-25)35(43)38-26-13-10-14-28(22-26)47-23-32(41)40-36-33(37(44)46-4-2)29-15-8-9-16-31(29)48-36/h5-7,10-14,17-22H,3-4,8-9,15-16,23H2,1-2H3,(H,38,43)(H,39,42)(H,40,41)/b30-21+. The van der Waals surface area contributed by atoms with E-state index in [-0.39, 0.29) is 24.0 Å². The van der Waals surface area contributed by atoms with Crippen molar-refractivity contribution in [2.45, 2.75) is 44.4 Å². The number of aryl methyl sites for hydroxylation is 1. The van der Waals surface area contributed by atoms with Crippen LogP contribution in [0.2, 0.25) is 0 Å². The Balaban J connectivity index is 1.26. The van der Waals surface area contributed by atoms with Gasteiger partial charge >= 0.3 is 5.97 Å². The lowest BCUT2D eigenvalue weighted by molar-refractivity contribution is -0.114. The Bertz CT molecular complexity index is 1800. The van der Waals surface area contributed by atoms with Crippen LogP contribution >= 0.6 is 23.1 Å². The van der Waals surface area contributed by atoms with E-state index in [9.17, 15) is 19.2 Å².